The number of H-pyrrole nitrogens is 1. The van der Waals surface area contributed by atoms with Crippen molar-refractivity contribution in [3.8, 4) is 0 Å². The zero-order valence-electron chi connectivity index (χ0n) is 17.6. The van der Waals surface area contributed by atoms with Gasteiger partial charge in [-0.3, -0.25) is 9.89 Å². The summed E-state index contributed by atoms with van der Waals surface area (Å²) in [6, 6.07) is 18.7. The van der Waals surface area contributed by atoms with Gasteiger partial charge in [0.05, 0.1) is 0 Å². The first-order chi connectivity index (χ1) is 15.6. The molecule has 1 aliphatic rings. The highest BCUT2D eigenvalue weighted by Crippen LogP contribution is 2.39. The van der Waals surface area contributed by atoms with Crippen LogP contribution in [-0.2, 0) is 0 Å². The van der Waals surface area contributed by atoms with E-state index in [1.165, 1.54) is 12.8 Å². The summed E-state index contributed by atoms with van der Waals surface area (Å²) in [6.45, 7) is 1.96. The Bertz CT molecular complexity index is 1260. The van der Waals surface area contributed by atoms with E-state index in [-0.39, 0.29) is 5.91 Å². The van der Waals surface area contributed by atoms with E-state index in [9.17, 15) is 4.79 Å². The van der Waals surface area contributed by atoms with Crippen LogP contribution in [0.4, 0.5) is 29.0 Å². The second kappa shape index (κ2) is 8.50. The number of carbonyl (C=O) groups excluding carboxylic acids is 1. The van der Waals surface area contributed by atoms with Gasteiger partial charge in [-0.25, -0.2) is 4.98 Å². The summed E-state index contributed by atoms with van der Waals surface area (Å²) in [5, 5.41) is 16.7. The fourth-order valence-corrected chi connectivity index (χ4v) is 3.42. The molecule has 160 valence electrons. The fourth-order valence-electron chi connectivity index (χ4n) is 3.42. The Balaban J connectivity index is 1.26. The van der Waals surface area contributed by atoms with Gasteiger partial charge in [0.15, 0.2) is 5.82 Å². The zero-order valence-corrected chi connectivity index (χ0v) is 17.6. The maximum absolute atomic E-state index is 12.5. The van der Waals surface area contributed by atoms with Crippen LogP contribution >= 0.6 is 0 Å². The van der Waals surface area contributed by atoms with Gasteiger partial charge >= 0.3 is 0 Å². The first kappa shape index (κ1) is 19.7. The minimum Gasteiger partial charge on any atom is -0.324 e. The van der Waals surface area contributed by atoms with Crippen molar-refractivity contribution in [2.24, 2.45) is 0 Å². The van der Waals surface area contributed by atoms with Crippen molar-refractivity contribution in [1.29, 1.82) is 0 Å². The second-order valence-corrected chi connectivity index (χ2v) is 7.90. The quantitative estimate of drug-likeness (QED) is 0.327. The first-order valence-electron chi connectivity index (χ1n) is 10.5. The van der Waals surface area contributed by atoms with Crippen LogP contribution in [-0.4, -0.2) is 26.1 Å². The van der Waals surface area contributed by atoms with Crippen LogP contribution in [0.2, 0.25) is 0 Å². The number of nitrogens with one attached hydrogen (secondary N) is 4. The number of rotatable bonds is 7. The van der Waals surface area contributed by atoms with E-state index < -0.39 is 0 Å². The average molecular weight is 425 g/mol. The summed E-state index contributed by atoms with van der Waals surface area (Å²) < 4.78 is 0. The molecule has 5 rings (SSSR count). The minimum atomic E-state index is -0.155. The molecule has 2 heterocycles. The van der Waals surface area contributed by atoms with E-state index >= 15 is 0 Å². The molecule has 32 heavy (non-hydrogen) atoms. The van der Waals surface area contributed by atoms with Gasteiger partial charge in [0.1, 0.15) is 5.82 Å². The first-order valence-corrected chi connectivity index (χ1v) is 10.5. The SMILES string of the molecule is Cc1cccc(C(=O)Nc2cccc(Nc3nccc(Nc4cc(C5CC5)[nH]n4)n3)c2)c1. The van der Waals surface area contributed by atoms with E-state index in [2.05, 4.69) is 36.1 Å². The van der Waals surface area contributed by atoms with Crippen molar-refractivity contribution in [1.82, 2.24) is 20.2 Å². The molecule has 0 aliphatic heterocycles. The van der Waals surface area contributed by atoms with Crippen LogP contribution in [0.5, 0.6) is 0 Å². The van der Waals surface area contributed by atoms with E-state index in [4.69, 9.17) is 0 Å². The molecular weight excluding hydrogens is 402 g/mol. The molecule has 8 nitrogen and oxygen atoms in total. The van der Waals surface area contributed by atoms with Gasteiger partial charge in [-0.05, 0) is 56.2 Å². The van der Waals surface area contributed by atoms with Crippen molar-refractivity contribution < 1.29 is 4.79 Å². The summed E-state index contributed by atoms with van der Waals surface area (Å²) in [5.41, 5.74) is 4.26. The van der Waals surface area contributed by atoms with E-state index in [1.54, 1.807) is 18.3 Å². The zero-order chi connectivity index (χ0) is 21.9. The van der Waals surface area contributed by atoms with Gasteiger partial charge in [-0.15, -0.1) is 0 Å². The highest BCUT2D eigenvalue weighted by Gasteiger charge is 2.25. The summed E-state index contributed by atoms with van der Waals surface area (Å²) in [6.07, 6.45) is 4.11. The summed E-state index contributed by atoms with van der Waals surface area (Å²) in [5.74, 6) is 2.27. The predicted molar refractivity (Wildman–Crippen MR) is 125 cm³/mol. The Morgan fingerprint density at radius 1 is 0.969 bits per heavy atom. The molecule has 0 spiro atoms. The number of hydrogen-bond donors (Lipinski definition) is 4. The second-order valence-electron chi connectivity index (χ2n) is 7.90. The fraction of sp³-hybridized carbons (Fsp3) is 0.167. The third-order valence-corrected chi connectivity index (χ3v) is 5.18. The molecule has 2 aromatic heterocycles. The number of nitrogens with zero attached hydrogens (tertiary/aromatic N) is 3. The molecule has 1 fully saturated rings. The lowest BCUT2D eigenvalue weighted by Crippen LogP contribution is -2.12. The molecular formula is C24H23N7O. The molecule has 0 atom stereocenters. The molecule has 0 bridgehead atoms. The molecule has 0 radical (unpaired) electrons. The monoisotopic (exact) mass is 425 g/mol. The molecule has 0 saturated heterocycles. The molecule has 2 aromatic carbocycles. The van der Waals surface area contributed by atoms with Crippen LogP contribution in [0.3, 0.4) is 0 Å². The molecule has 8 heteroatoms. The van der Waals surface area contributed by atoms with Crippen LogP contribution in [0.1, 0.15) is 40.4 Å². The lowest BCUT2D eigenvalue weighted by Gasteiger charge is -2.10. The molecule has 4 N–H and O–H groups in total. The van der Waals surface area contributed by atoms with Gasteiger partial charge < -0.3 is 16.0 Å². The number of anilines is 5. The largest absolute Gasteiger partial charge is 0.324 e. The number of carbonyl (C=O) groups is 1. The van der Waals surface area contributed by atoms with Crippen LogP contribution in [0, 0.1) is 6.92 Å². The van der Waals surface area contributed by atoms with Crippen molar-refractivity contribution in [2.45, 2.75) is 25.7 Å². The van der Waals surface area contributed by atoms with Gasteiger partial charge in [0.25, 0.3) is 5.91 Å². The van der Waals surface area contributed by atoms with E-state index in [0.29, 0.717) is 28.9 Å². The number of hydrogen-bond acceptors (Lipinski definition) is 6. The topological polar surface area (TPSA) is 108 Å². The van der Waals surface area contributed by atoms with E-state index in [1.807, 2.05) is 55.5 Å². The number of benzene rings is 2. The Hall–Kier alpha value is -4.20. The van der Waals surface area contributed by atoms with Crippen LogP contribution in [0.25, 0.3) is 0 Å². The van der Waals surface area contributed by atoms with E-state index in [0.717, 1.165) is 22.8 Å². The minimum absolute atomic E-state index is 0.155. The van der Waals surface area contributed by atoms with Crippen LogP contribution in [0.15, 0.2) is 66.9 Å². The van der Waals surface area contributed by atoms with Crippen molar-refractivity contribution in [2.75, 3.05) is 16.0 Å². The van der Waals surface area contributed by atoms with Crippen molar-refractivity contribution in [3.63, 3.8) is 0 Å². The van der Waals surface area contributed by atoms with Gasteiger partial charge in [0.2, 0.25) is 5.95 Å². The third-order valence-electron chi connectivity index (χ3n) is 5.18. The van der Waals surface area contributed by atoms with Crippen molar-refractivity contribution in [3.05, 3.63) is 83.7 Å². The molecule has 0 unspecified atom stereocenters. The Labute approximate surface area is 185 Å². The normalized spacial score (nSPS) is 12.9. The Morgan fingerprint density at radius 3 is 2.66 bits per heavy atom. The summed E-state index contributed by atoms with van der Waals surface area (Å²) >= 11 is 0. The van der Waals surface area contributed by atoms with Gasteiger partial charge in [0, 0.05) is 40.8 Å². The third kappa shape index (κ3) is 4.75. The lowest BCUT2D eigenvalue weighted by atomic mass is 10.1. The predicted octanol–water partition coefficient (Wildman–Crippen LogP) is 5.13. The average Bonchev–Trinajstić information content (AvgIpc) is 3.53. The smallest absolute Gasteiger partial charge is 0.255 e. The molecule has 1 aliphatic carbocycles. The standard InChI is InChI=1S/C24H23N7O/c1-15-4-2-5-17(12-15)23(32)26-18-6-3-7-19(13-18)27-24-25-11-10-21(29-24)28-22-14-20(30-31-22)16-8-9-16/h2-7,10-14,16H,8-9H2,1H3,(H,26,32)(H3,25,27,28,29,30,31). The highest BCUT2D eigenvalue weighted by atomic mass is 16.1. The molecule has 1 saturated carbocycles. The molecule has 4 aromatic rings. The van der Waals surface area contributed by atoms with Crippen LogP contribution < -0.4 is 16.0 Å². The number of aromatic amines is 1. The highest BCUT2D eigenvalue weighted by molar-refractivity contribution is 6.04. The molecule has 1 amide bonds. The van der Waals surface area contributed by atoms with Crippen molar-refractivity contribution >= 4 is 34.9 Å². The summed E-state index contributed by atoms with van der Waals surface area (Å²) in [7, 11) is 0. The summed E-state index contributed by atoms with van der Waals surface area (Å²) in [4.78, 5) is 21.3. The maximum atomic E-state index is 12.5. The number of aryl methyl sites for hydroxylation is 1. The number of aromatic nitrogens is 4. The van der Waals surface area contributed by atoms with Gasteiger partial charge in [-0.1, -0.05) is 23.8 Å². The lowest BCUT2D eigenvalue weighted by molar-refractivity contribution is 0.102. The Morgan fingerprint density at radius 2 is 1.81 bits per heavy atom. The number of amides is 1. The van der Waals surface area contributed by atoms with Gasteiger partial charge in [-0.2, -0.15) is 10.1 Å². The Kier molecular flexibility index (Phi) is 5.25. The maximum Gasteiger partial charge on any atom is 0.255 e.